The minimum Gasteiger partial charge on any atom is -0.459 e. The van der Waals surface area contributed by atoms with Gasteiger partial charge in [-0.1, -0.05) is 52.7 Å². The molecule has 368 valence electrons. The van der Waals surface area contributed by atoms with Crippen LogP contribution in [0.4, 0.5) is 0 Å². The van der Waals surface area contributed by atoms with Gasteiger partial charge in [-0.3, -0.25) is 24.0 Å². The standard InChI is InChI=1S/C50H66O17/c1-25(23-33(65-43(57)29-10-14-37(53)61-29)41(66-44(58)30-11-15-38(54)62-30)47(4,5)67-45(59)31-12-16-39(55)63-31)26-17-21-49(7)27(26)24-32(64-42(56)28-9-13-36(52)60-28)40-48(6)20-19-35(51)46(2,3)34(48)18-22-50(40,49)8/h25,28-34,40-41H,9-24H2,1-8H3/t25-,28+,29+,30+,31+,32+,33+,34+,40+,41-,48+,49+,50+/m1/s1. The fraction of sp³-hybridized carbons (Fsp3) is 0.780. The van der Waals surface area contributed by atoms with Crippen LogP contribution in [-0.4, -0.2) is 102 Å². The largest absolute Gasteiger partial charge is 0.459 e. The zero-order chi connectivity index (χ0) is 48.6. The predicted molar refractivity (Wildman–Crippen MR) is 229 cm³/mol. The molecule has 17 heteroatoms. The van der Waals surface area contributed by atoms with E-state index >= 15 is 0 Å². The highest BCUT2D eigenvalue weighted by Crippen LogP contribution is 2.74. The Hall–Kier alpha value is -4.83. The maximum Gasteiger partial charge on any atom is 0.348 e. The Morgan fingerprint density at radius 3 is 1.67 bits per heavy atom. The fourth-order valence-corrected chi connectivity index (χ4v) is 13.9. The summed E-state index contributed by atoms with van der Waals surface area (Å²) in [5.41, 5.74) is -1.39. The van der Waals surface area contributed by atoms with Crippen LogP contribution in [0.1, 0.15) is 158 Å². The summed E-state index contributed by atoms with van der Waals surface area (Å²) in [5.74, 6) is -5.78. The van der Waals surface area contributed by atoms with Crippen LogP contribution in [0.15, 0.2) is 11.1 Å². The van der Waals surface area contributed by atoms with E-state index in [2.05, 4.69) is 20.8 Å². The summed E-state index contributed by atoms with van der Waals surface area (Å²) in [6.45, 7) is 15.9. The molecule has 0 radical (unpaired) electrons. The minimum atomic E-state index is -1.75. The molecule has 4 aliphatic carbocycles. The van der Waals surface area contributed by atoms with Crippen LogP contribution in [0.25, 0.3) is 0 Å². The number of cyclic esters (lactones) is 4. The van der Waals surface area contributed by atoms with Crippen LogP contribution in [0.5, 0.6) is 0 Å². The summed E-state index contributed by atoms with van der Waals surface area (Å²) in [7, 11) is 0. The highest BCUT2D eigenvalue weighted by Gasteiger charge is 2.70. The fourth-order valence-electron chi connectivity index (χ4n) is 13.9. The summed E-state index contributed by atoms with van der Waals surface area (Å²) in [6, 6.07) is 0. The highest BCUT2D eigenvalue weighted by molar-refractivity contribution is 5.86. The summed E-state index contributed by atoms with van der Waals surface area (Å²) in [6.07, 6.45) is -3.31. The molecule has 13 atom stereocenters. The normalized spacial score (nSPS) is 36.9. The van der Waals surface area contributed by atoms with Crippen LogP contribution < -0.4 is 0 Å². The Morgan fingerprint density at radius 2 is 1.15 bits per heavy atom. The van der Waals surface area contributed by atoms with Crippen molar-refractivity contribution in [3.05, 3.63) is 11.1 Å². The van der Waals surface area contributed by atoms with Gasteiger partial charge in [0.1, 0.15) is 23.6 Å². The summed E-state index contributed by atoms with van der Waals surface area (Å²) >= 11 is 0. The average molecular weight is 939 g/mol. The van der Waals surface area contributed by atoms with E-state index in [9.17, 15) is 43.2 Å². The predicted octanol–water partition coefficient (Wildman–Crippen LogP) is 5.82. The molecule has 0 spiro atoms. The van der Waals surface area contributed by atoms with Crippen molar-refractivity contribution in [2.75, 3.05) is 0 Å². The van der Waals surface area contributed by atoms with Crippen LogP contribution in [0, 0.1) is 39.4 Å². The zero-order valence-corrected chi connectivity index (χ0v) is 40.0. The summed E-state index contributed by atoms with van der Waals surface area (Å²) in [5, 5.41) is 0. The number of ketones is 1. The molecule has 8 aliphatic rings. The van der Waals surface area contributed by atoms with Crippen molar-refractivity contribution in [1.82, 2.24) is 0 Å². The van der Waals surface area contributed by atoms with E-state index < -0.39 is 118 Å². The van der Waals surface area contributed by atoms with Crippen LogP contribution in [-0.2, 0) is 81.0 Å². The topological polar surface area (TPSA) is 227 Å². The van der Waals surface area contributed by atoms with Gasteiger partial charge in [-0.15, -0.1) is 0 Å². The Morgan fingerprint density at radius 1 is 0.642 bits per heavy atom. The quantitative estimate of drug-likeness (QED) is 0.120. The molecule has 4 aliphatic heterocycles. The van der Waals surface area contributed by atoms with Crippen molar-refractivity contribution in [2.45, 2.75) is 206 Å². The van der Waals surface area contributed by atoms with Crippen LogP contribution >= 0.6 is 0 Å². The van der Waals surface area contributed by atoms with E-state index in [1.807, 2.05) is 20.8 Å². The lowest BCUT2D eigenvalue weighted by Crippen LogP contribution is -2.66. The third kappa shape index (κ3) is 8.67. The lowest BCUT2D eigenvalue weighted by Gasteiger charge is -2.69. The van der Waals surface area contributed by atoms with E-state index in [0.29, 0.717) is 25.7 Å². The zero-order valence-electron chi connectivity index (χ0n) is 40.0. The van der Waals surface area contributed by atoms with Crippen LogP contribution in [0.2, 0.25) is 0 Å². The molecular weight excluding hydrogens is 873 g/mol. The monoisotopic (exact) mass is 938 g/mol. The number of carbonyl (C=O) groups excluding carboxylic acids is 9. The Kier molecular flexibility index (Phi) is 12.8. The van der Waals surface area contributed by atoms with Gasteiger partial charge >= 0.3 is 47.8 Å². The van der Waals surface area contributed by atoms with Gasteiger partial charge in [-0.05, 0) is 80.5 Å². The Labute approximate surface area is 390 Å². The first-order valence-electron chi connectivity index (χ1n) is 24.3. The van der Waals surface area contributed by atoms with Gasteiger partial charge in [0, 0.05) is 75.5 Å². The van der Waals surface area contributed by atoms with Crippen molar-refractivity contribution >= 4 is 53.5 Å². The molecule has 0 aromatic carbocycles. The lowest BCUT2D eigenvalue weighted by molar-refractivity contribution is -0.221. The molecule has 0 bridgehead atoms. The SMILES string of the molecule is C[C@H](C[C@H](OC(=O)[C@@H]1CCC(=O)O1)[C@@H](OC(=O)[C@@H]1CCC(=O)O1)C(C)(C)OC(=O)[C@@H]1CCC(=O)O1)C1=C2C[C@H](OC(=O)[C@@H]3CCC(=O)O3)[C@H]3[C@@]4(C)CCC(=O)C(C)(C)[C@@H]4CC[C@]3(C)[C@@]2(C)CC1. The maximum atomic E-state index is 14.0. The Bertz CT molecular complexity index is 2150. The Balaban J connectivity index is 1.17. The number of allylic oxidation sites excluding steroid dienone is 1. The van der Waals surface area contributed by atoms with Gasteiger partial charge in [-0.25, -0.2) is 19.2 Å². The first-order chi connectivity index (χ1) is 31.4. The van der Waals surface area contributed by atoms with Crippen molar-refractivity contribution in [3.8, 4) is 0 Å². The molecule has 0 amide bonds. The first kappa shape index (κ1) is 48.6. The minimum absolute atomic E-state index is 0.00521. The van der Waals surface area contributed by atoms with Gasteiger partial charge in [0.05, 0.1) is 0 Å². The van der Waals surface area contributed by atoms with E-state index in [1.165, 1.54) is 13.8 Å². The van der Waals surface area contributed by atoms with E-state index in [-0.39, 0.29) is 80.8 Å². The number of Topliss-reactive ketones (excluding diaryl/α,β-unsaturated/α-hetero) is 1. The summed E-state index contributed by atoms with van der Waals surface area (Å²) < 4.78 is 46.1. The molecule has 0 unspecified atom stereocenters. The number of fused-ring (bicyclic) bond motifs is 5. The van der Waals surface area contributed by atoms with Crippen LogP contribution in [0.3, 0.4) is 0 Å². The molecule has 0 N–H and O–H groups in total. The van der Waals surface area contributed by atoms with Crippen molar-refractivity contribution < 1.29 is 81.0 Å². The highest BCUT2D eigenvalue weighted by atomic mass is 16.7. The van der Waals surface area contributed by atoms with E-state index in [1.54, 1.807) is 0 Å². The molecule has 7 fully saturated rings. The molecule has 0 aromatic heterocycles. The third-order valence-corrected chi connectivity index (χ3v) is 17.5. The van der Waals surface area contributed by atoms with Crippen molar-refractivity contribution in [3.63, 3.8) is 0 Å². The second-order valence-electron chi connectivity index (χ2n) is 22.2. The van der Waals surface area contributed by atoms with E-state index in [0.717, 1.165) is 30.4 Å². The molecular formula is C50H66O17. The molecule has 4 saturated heterocycles. The van der Waals surface area contributed by atoms with Crippen molar-refractivity contribution in [1.29, 1.82) is 0 Å². The first-order valence-corrected chi connectivity index (χ1v) is 24.3. The van der Waals surface area contributed by atoms with Gasteiger partial charge in [0.25, 0.3) is 0 Å². The van der Waals surface area contributed by atoms with Gasteiger partial charge in [-0.2, -0.15) is 0 Å². The lowest BCUT2D eigenvalue weighted by atomic mass is 9.36. The molecule has 4 heterocycles. The van der Waals surface area contributed by atoms with Gasteiger partial charge in [0.2, 0.25) is 0 Å². The number of esters is 8. The number of hydrogen-bond acceptors (Lipinski definition) is 17. The second-order valence-corrected chi connectivity index (χ2v) is 22.2. The molecule has 8 rings (SSSR count). The number of ether oxygens (including phenoxy) is 8. The van der Waals surface area contributed by atoms with E-state index in [4.69, 9.17) is 37.9 Å². The average Bonchev–Trinajstić information content (AvgIpc) is 4.11. The number of carbonyl (C=O) groups is 9. The van der Waals surface area contributed by atoms with Gasteiger partial charge in [0.15, 0.2) is 30.5 Å². The molecule has 0 aromatic rings. The second kappa shape index (κ2) is 17.6. The number of hydrogen-bond donors (Lipinski definition) is 0. The smallest absolute Gasteiger partial charge is 0.348 e. The van der Waals surface area contributed by atoms with Gasteiger partial charge < -0.3 is 37.9 Å². The molecule has 17 nitrogen and oxygen atoms in total. The molecule has 3 saturated carbocycles. The number of rotatable bonds is 13. The maximum absolute atomic E-state index is 14.0. The van der Waals surface area contributed by atoms with Crippen molar-refractivity contribution in [2.24, 2.45) is 39.4 Å². The molecule has 67 heavy (non-hydrogen) atoms. The summed E-state index contributed by atoms with van der Waals surface area (Å²) in [4.78, 5) is 117. The third-order valence-electron chi connectivity index (χ3n) is 17.5.